The van der Waals surface area contributed by atoms with Gasteiger partial charge in [-0.3, -0.25) is 0 Å². The van der Waals surface area contributed by atoms with Crippen LogP contribution in [0.1, 0.15) is 24.1 Å². The molecule has 1 nitrogen and oxygen atoms in total. The van der Waals surface area contributed by atoms with Gasteiger partial charge >= 0.3 is 6.18 Å². The van der Waals surface area contributed by atoms with E-state index in [1.165, 1.54) is 0 Å². The van der Waals surface area contributed by atoms with E-state index in [9.17, 15) is 17.6 Å². The van der Waals surface area contributed by atoms with Crippen molar-refractivity contribution in [3.05, 3.63) is 59.4 Å². The zero-order chi connectivity index (χ0) is 14.9. The Morgan fingerprint density at radius 2 is 1.55 bits per heavy atom. The van der Waals surface area contributed by atoms with E-state index in [4.69, 9.17) is 5.73 Å². The molecule has 2 N–H and O–H groups in total. The van der Waals surface area contributed by atoms with Crippen LogP contribution in [0.2, 0.25) is 0 Å². The fourth-order valence-corrected chi connectivity index (χ4v) is 1.90. The molecule has 0 aromatic heterocycles. The lowest BCUT2D eigenvalue weighted by atomic mass is 10.00. The van der Waals surface area contributed by atoms with Gasteiger partial charge in [-0.25, -0.2) is 4.39 Å². The van der Waals surface area contributed by atoms with Crippen LogP contribution in [0.15, 0.2) is 42.5 Å². The van der Waals surface area contributed by atoms with Crippen LogP contribution in [0.4, 0.5) is 17.6 Å². The number of halogens is 4. The number of hydrogen-bond donors (Lipinski definition) is 1. The molecule has 2 aromatic carbocycles. The Kier molecular flexibility index (Phi) is 3.81. The first kappa shape index (κ1) is 14.5. The van der Waals surface area contributed by atoms with Gasteiger partial charge < -0.3 is 5.73 Å². The SMILES string of the molecule is CC(N)c1ccc(-c2cc(F)cc(C(F)(F)F)c2)cc1. The molecule has 1 atom stereocenters. The molecule has 106 valence electrons. The van der Waals surface area contributed by atoms with E-state index in [1.807, 2.05) is 0 Å². The molecule has 0 aliphatic heterocycles. The summed E-state index contributed by atoms with van der Waals surface area (Å²) in [5, 5.41) is 0. The third-order valence-corrected chi connectivity index (χ3v) is 2.99. The van der Waals surface area contributed by atoms with Crippen LogP contribution in [0.3, 0.4) is 0 Å². The molecule has 2 aromatic rings. The third kappa shape index (κ3) is 3.17. The molecule has 5 heteroatoms. The highest BCUT2D eigenvalue weighted by Gasteiger charge is 2.31. The number of nitrogens with two attached hydrogens (primary N) is 1. The molecular formula is C15H13F4N. The van der Waals surface area contributed by atoms with Crippen LogP contribution in [0, 0.1) is 5.82 Å². The molecule has 0 fully saturated rings. The monoisotopic (exact) mass is 283 g/mol. The largest absolute Gasteiger partial charge is 0.416 e. The molecular weight excluding hydrogens is 270 g/mol. The lowest BCUT2D eigenvalue weighted by Gasteiger charge is -2.11. The zero-order valence-corrected chi connectivity index (χ0v) is 10.7. The maximum Gasteiger partial charge on any atom is 0.416 e. The highest BCUT2D eigenvalue weighted by atomic mass is 19.4. The minimum Gasteiger partial charge on any atom is -0.324 e. The summed E-state index contributed by atoms with van der Waals surface area (Å²) in [6, 6.07) is 9.04. The summed E-state index contributed by atoms with van der Waals surface area (Å²) in [7, 11) is 0. The van der Waals surface area contributed by atoms with Gasteiger partial charge in [-0.2, -0.15) is 13.2 Å². The van der Waals surface area contributed by atoms with Gasteiger partial charge in [0.05, 0.1) is 5.56 Å². The second-order valence-electron chi connectivity index (χ2n) is 4.64. The lowest BCUT2D eigenvalue weighted by molar-refractivity contribution is -0.137. The van der Waals surface area contributed by atoms with Crippen LogP contribution < -0.4 is 5.73 Å². The van der Waals surface area contributed by atoms with Gasteiger partial charge in [0.1, 0.15) is 5.82 Å². The Bertz CT molecular complexity index is 600. The number of rotatable bonds is 2. The second kappa shape index (κ2) is 5.25. The molecule has 0 saturated heterocycles. The number of alkyl halides is 3. The normalized spacial score (nSPS) is 13.3. The first-order chi connectivity index (χ1) is 9.27. The van der Waals surface area contributed by atoms with E-state index in [2.05, 4.69) is 0 Å². The number of benzene rings is 2. The van der Waals surface area contributed by atoms with Crippen molar-refractivity contribution >= 4 is 0 Å². The predicted octanol–water partition coefficient (Wildman–Crippen LogP) is 4.53. The van der Waals surface area contributed by atoms with Gasteiger partial charge in [-0.05, 0) is 41.8 Å². The maximum absolute atomic E-state index is 13.3. The Morgan fingerprint density at radius 1 is 0.950 bits per heavy atom. The standard InChI is InChI=1S/C15H13F4N/c1-9(20)10-2-4-11(5-3-10)12-6-13(15(17,18)19)8-14(16)7-12/h2-9H,20H2,1H3. The van der Waals surface area contributed by atoms with Crippen LogP contribution in [-0.2, 0) is 6.18 Å². The summed E-state index contributed by atoms with van der Waals surface area (Å²) >= 11 is 0. The summed E-state index contributed by atoms with van der Waals surface area (Å²) in [6.07, 6.45) is -4.57. The topological polar surface area (TPSA) is 26.0 Å². The Morgan fingerprint density at radius 3 is 2.05 bits per heavy atom. The average molecular weight is 283 g/mol. The smallest absolute Gasteiger partial charge is 0.324 e. The van der Waals surface area contributed by atoms with E-state index >= 15 is 0 Å². The Balaban J connectivity index is 2.44. The summed E-state index contributed by atoms with van der Waals surface area (Å²) in [4.78, 5) is 0. The molecule has 0 aliphatic carbocycles. The van der Waals surface area contributed by atoms with E-state index in [0.717, 1.165) is 17.7 Å². The summed E-state index contributed by atoms with van der Waals surface area (Å²) in [6.45, 7) is 1.80. The van der Waals surface area contributed by atoms with Gasteiger partial charge in [-0.15, -0.1) is 0 Å². The molecule has 0 spiro atoms. The average Bonchev–Trinajstić information content (AvgIpc) is 2.37. The second-order valence-corrected chi connectivity index (χ2v) is 4.64. The first-order valence-electron chi connectivity index (χ1n) is 6.01. The van der Waals surface area contributed by atoms with Crippen LogP contribution in [0.25, 0.3) is 11.1 Å². The fraction of sp³-hybridized carbons (Fsp3) is 0.200. The maximum atomic E-state index is 13.3. The van der Waals surface area contributed by atoms with E-state index in [1.54, 1.807) is 31.2 Å². The minimum absolute atomic E-state index is 0.165. The van der Waals surface area contributed by atoms with Crippen molar-refractivity contribution in [2.45, 2.75) is 19.1 Å². The minimum atomic E-state index is -4.57. The van der Waals surface area contributed by atoms with Crippen molar-refractivity contribution in [2.75, 3.05) is 0 Å². The van der Waals surface area contributed by atoms with Gasteiger partial charge in [0, 0.05) is 6.04 Å². The van der Waals surface area contributed by atoms with E-state index in [-0.39, 0.29) is 11.6 Å². The Labute approximate surface area is 114 Å². The molecule has 0 aliphatic rings. The van der Waals surface area contributed by atoms with Crippen LogP contribution in [-0.4, -0.2) is 0 Å². The molecule has 0 amide bonds. The molecule has 0 radical (unpaired) electrons. The molecule has 0 saturated carbocycles. The van der Waals surface area contributed by atoms with E-state index in [0.29, 0.717) is 11.6 Å². The third-order valence-electron chi connectivity index (χ3n) is 2.99. The molecule has 1 unspecified atom stereocenters. The molecule has 0 heterocycles. The summed E-state index contributed by atoms with van der Waals surface area (Å²) < 4.78 is 51.3. The van der Waals surface area contributed by atoms with Crippen LogP contribution >= 0.6 is 0 Å². The van der Waals surface area contributed by atoms with Gasteiger partial charge in [0.25, 0.3) is 0 Å². The van der Waals surface area contributed by atoms with Gasteiger partial charge in [0.15, 0.2) is 0 Å². The van der Waals surface area contributed by atoms with Gasteiger partial charge in [-0.1, -0.05) is 24.3 Å². The fourth-order valence-electron chi connectivity index (χ4n) is 1.90. The van der Waals surface area contributed by atoms with Crippen molar-refractivity contribution in [1.82, 2.24) is 0 Å². The lowest BCUT2D eigenvalue weighted by Crippen LogP contribution is -2.06. The van der Waals surface area contributed by atoms with E-state index < -0.39 is 17.6 Å². The summed E-state index contributed by atoms with van der Waals surface area (Å²) in [5.74, 6) is -0.911. The van der Waals surface area contributed by atoms with Crippen molar-refractivity contribution in [1.29, 1.82) is 0 Å². The highest BCUT2D eigenvalue weighted by molar-refractivity contribution is 5.65. The van der Waals surface area contributed by atoms with Crippen LogP contribution in [0.5, 0.6) is 0 Å². The first-order valence-corrected chi connectivity index (χ1v) is 6.01. The van der Waals surface area contributed by atoms with Crippen molar-refractivity contribution in [3.63, 3.8) is 0 Å². The zero-order valence-electron chi connectivity index (χ0n) is 10.7. The highest BCUT2D eigenvalue weighted by Crippen LogP contribution is 2.33. The van der Waals surface area contributed by atoms with Crippen molar-refractivity contribution in [2.24, 2.45) is 5.73 Å². The number of hydrogen-bond acceptors (Lipinski definition) is 1. The molecule has 20 heavy (non-hydrogen) atoms. The summed E-state index contributed by atoms with van der Waals surface area (Å²) in [5.41, 5.74) is 6.27. The quantitative estimate of drug-likeness (QED) is 0.805. The van der Waals surface area contributed by atoms with Gasteiger partial charge in [0.2, 0.25) is 0 Å². The predicted molar refractivity (Wildman–Crippen MR) is 69.4 cm³/mol. The van der Waals surface area contributed by atoms with Crippen molar-refractivity contribution < 1.29 is 17.6 Å². The molecule has 2 rings (SSSR count). The Hall–Kier alpha value is -1.88. The molecule has 0 bridgehead atoms. The van der Waals surface area contributed by atoms with Crippen molar-refractivity contribution in [3.8, 4) is 11.1 Å².